The van der Waals surface area contributed by atoms with Gasteiger partial charge >= 0.3 is 210 Å². The fraction of sp³-hybridized carbons (Fsp3) is 0.280. The second-order valence-corrected chi connectivity index (χ2v) is 12.3. The molecule has 0 N–H and O–H groups in total. The van der Waals surface area contributed by atoms with Crippen LogP contribution in [0.5, 0.6) is 0 Å². The monoisotopic (exact) mass is 572 g/mol. The molecule has 1 heterocycles. The van der Waals surface area contributed by atoms with Crippen LogP contribution in [0.3, 0.4) is 0 Å². The molecule has 0 aliphatic carbocycles. The van der Waals surface area contributed by atoms with Crippen molar-refractivity contribution in [2.45, 2.75) is 44.1 Å². The van der Waals surface area contributed by atoms with Gasteiger partial charge in [0.2, 0.25) is 0 Å². The fourth-order valence-corrected chi connectivity index (χ4v) is 5.17. The van der Waals surface area contributed by atoms with Gasteiger partial charge in [-0.05, 0) is 0 Å². The summed E-state index contributed by atoms with van der Waals surface area (Å²) in [5, 5.41) is 0. The van der Waals surface area contributed by atoms with Crippen LogP contribution in [0.15, 0.2) is 71.5 Å². The molecule has 2 aromatic carbocycles. The third-order valence-electron chi connectivity index (χ3n) is 4.47. The van der Waals surface area contributed by atoms with E-state index in [1.54, 1.807) is 12.4 Å². The summed E-state index contributed by atoms with van der Waals surface area (Å²) in [5.41, 5.74) is 2.10. The predicted octanol–water partition coefficient (Wildman–Crippen LogP) is 5.35. The van der Waals surface area contributed by atoms with Crippen molar-refractivity contribution in [3.63, 3.8) is 0 Å². The Bertz CT molecular complexity index is 1070. The van der Waals surface area contributed by atoms with Gasteiger partial charge in [-0.3, -0.25) is 0 Å². The van der Waals surface area contributed by atoms with Crippen molar-refractivity contribution in [3.8, 4) is 11.4 Å². The third kappa shape index (κ3) is 8.41. The van der Waals surface area contributed by atoms with Gasteiger partial charge in [0.15, 0.2) is 0 Å². The number of ether oxygens (including phenoxy) is 2. The van der Waals surface area contributed by atoms with Crippen LogP contribution in [0.1, 0.15) is 31.9 Å². The van der Waals surface area contributed by atoms with Gasteiger partial charge in [-0.1, -0.05) is 0 Å². The van der Waals surface area contributed by atoms with E-state index in [4.69, 9.17) is 9.47 Å². The van der Waals surface area contributed by atoms with E-state index >= 15 is 0 Å². The van der Waals surface area contributed by atoms with Gasteiger partial charge in [0, 0.05) is 0 Å². The number of esters is 1. The molecule has 6 nitrogen and oxygen atoms in total. The zero-order chi connectivity index (χ0) is 23.8. The first-order valence-electron chi connectivity index (χ1n) is 10.5. The van der Waals surface area contributed by atoms with Crippen molar-refractivity contribution < 1.29 is 19.1 Å². The molecule has 0 saturated carbocycles. The quantitative estimate of drug-likeness (QED) is 0.267. The van der Waals surface area contributed by atoms with Crippen LogP contribution in [0.4, 0.5) is 4.79 Å². The maximum absolute atomic E-state index is 12.9. The molecule has 0 amide bonds. The minimum atomic E-state index is -1.41. The van der Waals surface area contributed by atoms with Gasteiger partial charge in [0.25, 0.3) is 0 Å². The molecule has 1 unspecified atom stereocenters. The number of carbonyl (C=O) groups is 2. The Labute approximate surface area is 208 Å². The Morgan fingerprint density at radius 1 is 0.970 bits per heavy atom. The molecule has 0 radical (unpaired) electrons. The molecule has 1 aromatic heterocycles. The van der Waals surface area contributed by atoms with Crippen molar-refractivity contribution in [2.75, 3.05) is 0 Å². The van der Waals surface area contributed by atoms with Crippen LogP contribution in [0.2, 0.25) is 4.71 Å². The molecule has 172 valence electrons. The molecule has 3 rings (SSSR count). The van der Waals surface area contributed by atoms with E-state index in [1.807, 2.05) is 75.4 Å². The summed E-state index contributed by atoms with van der Waals surface area (Å²) in [6.07, 6.45) is 3.80. The number of halogens is 1. The van der Waals surface area contributed by atoms with E-state index in [2.05, 4.69) is 25.9 Å². The second-order valence-electron chi connectivity index (χ2n) is 8.42. The van der Waals surface area contributed by atoms with E-state index in [1.165, 1.54) is 0 Å². The van der Waals surface area contributed by atoms with Crippen LogP contribution < -0.4 is 0 Å². The van der Waals surface area contributed by atoms with Crippen molar-refractivity contribution in [3.05, 3.63) is 82.6 Å². The molecule has 0 aliphatic heterocycles. The normalized spacial score (nSPS) is 12.5. The Morgan fingerprint density at radius 2 is 1.61 bits per heavy atom. The summed E-state index contributed by atoms with van der Waals surface area (Å²) in [5.74, 6) is 0.255. The number of rotatable bonds is 8. The number of aromatic nitrogens is 2. The topological polar surface area (TPSA) is 78.4 Å². The van der Waals surface area contributed by atoms with Gasteiger partial charge < -0.3 is 0 Å². The van der Waals surface area contributed by atoms with E-state index in [0.717, 1.165) is 21.2 Å². The number of nitrogens with zero attached hydrogens (tertiary/aromatic N) is 2. The van der Waals surface area contributed by atoms with Gasteiger partial charge in [0.05, 0.1) is 0 Å². The zero-order valence-corrected chi connectivity index (χ0v) is 22.4. The zero-order valence-electron chi connectivity index (χ0n) is 18.7. The van der Waals surface area contributed by atoms with Crippen LogP contribution in [0, 0.1) is 0 Å². The molecule has 0 bridgehead atoms. The van der Waals surface area contributed by atoms with Crippen LogP contribution in [0.25, 0.3) is 11.4 Å². The summed E-state index contributed by atoms with van der Waals surface area (Å²) >= 11 is 1.92. The maximum atomic E-state index is 12.9. The molecule has 0 spiro atoms. The Hall–Kier alpha value is -2.50. The molecule has 8 heteroatoms. The first-order valence-corrected chi connectivity index (χ1v) is 13.5. The predicted molar refractivity (Wildman–Crippen MR) is 132 cm³/mol. The molecule has 0 fully saturated rings. The van der Waals surface area contributed by atoms with Gasteiger partial charge in [0.1, 0.15) is 0 Å². The Balaban J connectivity index is 1.68. The first-order chi connectivity index (χ1) is 15.7. The molecular formula is C25H26AsBrN2O4. The van der Waals surface area contributed by atoms with Gasteiger partial charge in [-0.25, -0.2) is 0 Å². The average Bonchev–Trinajstić information content (AvgIpc) is 2.78. The van der Waals surface area contributed by atoms with Crippen LogP contribution >= 0.6 is 15.9 Å². The standard InChI is InChI=1S/C25H26AsBrN2O4/c1-25(2,3)33-23(30)21(26-24(31)32-16-18-7-5-4-6-8-18)13-17-9-11-19(12-10-17)22-28-14-20(27)15-29-22/h4-12,14-15,21,26H,13,16H2,1-3H3/t21-/m0/s1. The van der Waals surface area contributed by atoms with Crippen molar-refractivity contribution >= 4 is 42.4 Å². The first kappa shape index (κ1) is 25.1. The number of benzene rings is 2. The van der Waals surface area contributed by atoms with Crippen LogP contribution in [-0.4, -0.2) is 42.0 Å². The molecule has 2 atom stereocenters. The summed E-state index contributed by atoms with van der Waals surface area (Å²) in [7, 11) is 0. The third-order valence-corrected chi connectivity index (χ3v) is 7.33. The molecule has 3 aromatic rings. The molecular weight excluding hydrogens is 547 g/mol. The fourth-order valence-electron chi connectivity index (χ4n) is 2.96. The Kier molecular flexibility index (Phi) is 8.81. The average molecular weight is 573 g/mol. The van der Waals surface area contributed by atoms with Crippen molar-refractivity contribution in [1.82, 2.24) is 9.97 Å². The molecule has 0 saturated heterocycles. The summed E-state index contributed by atoms with van der Waals surface area (Å²) in [4.78, 5) is 34.0. The number of hydrogen-bond acceptors (Lipinski definition) is 6. The van der Waals surface area contributed by atoms with Gasteiger partial charge in [-0.2, -0.15) is 0 Å². The van der Waals surface area contributed by atoms with Crippen molar-refractivity contribution in [2.24, 2.45) is 0 Å². The van der Waals surface area contributed by atoms with E-state index in [0.29, 0.717) is 12.2 Å². The molecule has 33 heavy (non-hydrogen) atoms. The van der Waals surface area contributed by atoms with E-state index < -0.39 is 26.1 Å². The summed E-state index contributed by atoms with van der Waals surface area (Å²) in [6, 6.07) is 17.2. The summed E-state index contributed by atoms with van der Waals surface area (Å²) in [6.45, 7) is 5.67. The van der Waals surface area contributed by atoms with Crippen LogP contribution in [-0.2, 0) is 27.3 Å². The summed E-state index contributed by atoms with van der Waals surface area (Å²) < 4.78 is 11.0. The SMILES string of the molecule is CC(C)(C)OC(=O)[C@H](Cc1ccc(-c2ncc(Br)cn2)cc1)[AsH]C(=O)OCc1ccccc1. The number of carbonyl (C=O) groups excluding carboxylic acids is 2. The Morgan fingerprint density at radius 3 is 2.21 bits per heavy atom. The number of hydrogen-bond donors (Lipinski definition) is 0. The van der Waals surface area contributed by atoms with Crippen molar-refractivity contribution in [1.29, 1.82) is 0 Å². The second kappa shape index (κ2) is 11.6. The van der Waals surface area contributed by atoms with E-state index in [-0.39, 0.29) is 17.3 Å². The van der Waals surface area contributed by atoms with Gasteiger partial charge in [-0.15, -0.1) is 0 Å². The van der Waals surface area contributed by atoms with E-state index in [9.17, 15) is 9.59 Å². The minimum absolute atomic E-state index is 0.200. The molecule has 0 aliphatic rings.